The molecule has 0 radical (unpaired) electrons. The van der Waals surface area contributed by atoms with Crippen molar-refractivity contribution >= 4 is 28.4 Å². The number of hydrogen-bond acceptors (Lipinski definition) is 5. The van der Waals surface area contributed by atoms with Crippen LogP contribution >= 0.6 is 11.8 Å². The molecule has 0 spiro atoms. The van der Waals surface area contributed by atoms with E-state index >= 15 is 0 Å². The highest BCUT2D eigenvalue weighted by atomic mass is 32.2. The van der Waals surface area contributed by atoms with Crippen molar-refractivity contribution < 1.29 is 4.74 Å². The van der Waals surface area contributed by atoms with Crippen LogP contribution in [0.1, 0.15) is 24.9 Å². The molecule has 0 amide bonds. The molecule has 3 rings (SSSR count). The highest BCUT2D eigenvalue weighted by Gasteiger charge is 2.17. The SMILES string of the molecule is CCCc1nc(C)c2c(SC)nc3ccc(OC)nc3n12. The monoisotopic (exact) mass is 302 g/mol. The molecule has 0 saturated heterocycles. The van der Waals surface area contributed by atoms with Crippen molar-refractivity contribution in [2.45, 2.75) is 31.7 Å². The molecule has 0 saturated carbocycles. The Hall–Kier alpha value is -1.82. The molecule has 5 nitrogen and oxygen atoms in total. The van der Waals surface area contributed by atoms with Gasteiger partial charge in [0.1, 0.15) is 21.9 Å². The summed E-state index contributed by atoms with van der Waals surface area (Å²) in [6.07, 6.45) is 4.00. The lowest BCUT2D eigenvalue weighted by Gasteiger charge is -2.09. The first-order valence-electron chi connectivity index (χ1n) is 6.96. The number of rotatable bonds is 4. The van der Waals surface area contributed by atoms with Crippen molar-refractivity contribution in [2.75, 3.05) is 13.4 Å². The zero-order chi connectivity index (χ0) is 15.0. The van der Waals surface area contributed by atoms with Gasteiger partial charge in [0, 0.05) is 12.5 Å². The molecule has 0 atom stereocenters. The number of methoxy groups -OCH3 is 1. The Morgan fingerprint density at radius 2 is 2.05 bits per heavy atom. The molecule has 0 aromatic carbocycles. The van der Waals surface area contributed by atoms with Crippen molar-refractivity contribution in [3.05, 3.63) is 23.7 Å². The Labute approximate surface area is 127 Å². The summed E-state index contributed by atoms with van der Waals surface area (Å²) in [7, 11) is 1.63. The van der Waals surface area contributed by atoms with Gasteiger partial charge in [0.05, 0.1) is 12.8 Å². The van der Waals surface area contributed by atoms with Gasteiger partial charge in [-0.2, -0.15) is 4.98 Å². The Balaban J connectivity index is 2.47. The first-order chi connectivity index (χ1) is 10.2. The molecule has 3 aromatic rings. The fourth-order valence-electron chi connectivity index (χ4n) is 2.55. The van der Waals surface area contributed by atoms with Crippen molar-refractivity contribution in [2.24, 2.45) is 0 Å². The molecule has 0 fully saturated rings. The summed E-state index contributed by atoms with van der Waals surface area (Å²) in [6, 6.07) is 3.79. The Morgan fingerprint density at radius 3 is 2.71 bits per heavy atom. The summed E-state index contributed by atoms with van der Waals surface area (Å²) < 4.78 is 7.39. The second-order valence-electron chi connectivity index (χ2n) is 4.86. The van der Waals surface area contributed by atoms with Crippen LogP contribution in [0.25, 0.3) is 16.7 Å². The normalized spacial score (nSPS) is 11.4. The molecule has 0 N–H and O–H groups in total. The standard InChI is InChI=1S/C15H18N4OS/c1-5-6-11-16-9(2)13-15(21-4)17-10-7-8-12(20-3)18-14(10)19(11)13/h7-8H,5-6H2,1-4H3. The number of aromatic nitrogens is 4. The van der Waals surface area contributed by atoms with E-state index in [1.54, 1.807) is 18.9 Å². The van der Waals surface area contributed by atoms with Gasteiger partial charge in [-0.3, -0.25) is 4.40 Å². The van der Waals surface area contributed by atoms with E-state index in [1.165, 1.54) is 0 Å². The number of thioether (sulfide) groups is 1. The van der Waals surface area contributed by atoms with Gasteiger partial charge in [0.15, 0.2) is 5.65 Å². The maximum absolute atomic E-state index is 5.26. The minimum atomic E-state index is 0.594. The van der Waals surface area contributed by atoms with Crippen LogP contribution in [0.4, 0.5) is 0 Å². The lowest BCUT2D eigenvalue weighted by molar-refractivity contribution is 0.399. The average Bonchev–Trinajstić information content (AvgIpc) is 2.83. The van der Waals surface area contributed by atoms with E-state index in [1.807, 2.05) is 25.3 Å². The first kappa shape index (κ1) is 14.1. The van der Waals surface area contributed by atoms with Gasteiger partial charge in [0.25, 0.3) is 0 Å². The van der Waals surface area contributed by atoms with E-state index in [0.29, 0.717) is 5.88 Å². The predicted octanol–water partition coefficient (Wildman–Crippen LogP) is 3.27. The summed E-state index contributed by atoms with van der Waals surface area (Å²) in [4.78, 5) is 14.0. The van der Waals surface area contributed by atoms with Gasteiger partial charge in [-0.1, -0.05) is 6.92 Å². The molecule has 3 heterocycles. The third-order valence-electron chi connectivity index (χ3n) is 3.46. The van der Waals surface area contributed by atoms with E-state index < -0.39 is 0 Å². The third-order valence-corrected chi connectivity index (χ3v) is 4.13. The summed E-state index contributed by atoms with van der Waals surface area (Å²) in [5.41, 5.74) is 3.73. The van der Waals surface area contributed by atoms with Crippen LogP contribution < -0.4 is 4.74 Å². The number of hydrogen-bond donors (Lipinski definition) is 0. The largest absolute Gasteiger partial charge is 0.481 e. The smallest absolute Gasteiger partial charge is 0.215 e. The van der Waals surface area contributed by atoms with Gasteiger partial charge in [-0.15, -0.1) is 11.8 Å². The van der Waals surface area contributed by atoms with E-state index in [2.05, 4.69) is 16.3 Å². The molecular weight excluding hydrogens is 284 g/mol. The van der Waals surface area contributed by atoms with Crippen LogP contribution in [0, 0.1) is 6.92 Å². The Morgan fingerprint density at radius 1 is 1.24 bits per heavy atom. The van der Waals surface area contributed by atoms with Crippen LogP contribution in [-0.4, -0.2) is 32.7 Å². The minimum Gasteiger partial charge on any atom is -0.481 e. The van der Waals surface area contributed by atoms with Crippen molar-refractivity contribution in [3.8, 4) is 5.88 Å². The highest BCUT2D eigenvalue weighted by molar-refractivity contribution is 7.98. The molecule has 0 aliphatic rings. The molecule has 0 bridgehead atoms. The van der Waals surface area contributed by atoms with Gasteiger partial charge >= 0.3 is 0 Å². The van der Waals surface area contributed by atoms with E-state index in [4.69, 9.17) is 14.7 Å². The van der Waals surface area contributed by atoms with Gasteiger partial charge < -0.3 is 4.74 Å². The van der Waals surface area contributed by atoms with Crippen molar-refractivity contribution in [1.82, 2.24) is 19.4 Å². The second kappa shape index (κ2) is 5.52. The summed E-state index contributed by atoms with van der Waals surface area (Å²) in [5, 5.41) is 0.988. The highest BCUT2D eigenvalue weighted by Crippen LogP contribution is 2.28. The molecular formula is C15H18N4OS. The second-order valence-corrected chi connectivity index (χ2v) is 5.66. The van der Waals surface area contributed by atoms with Crippen LogP contribution in [0.2, 0.25) is 0 Å². The Kier molecular flexibility index (Phi) is 3.71. The third kappa shape index (κ3) is 2.23. The maximum Gasteiger partial charge on any atom is 0.215 e. The number of imidazole rings is 1. The van der Waals surface area contributed by atoms with E-state index in [0.717, 1.165) is 46.1 Å². The number of aryl methyl sites for hydroxylation is 2. The minimum absolute atomic E-state index is 0.594. The van der Waals surface area contributed by atoms with Crippen molar-refractivity contribution in [1.29, 1.82) is 0 Å². The zero-order valence-electron chi connectivity index (χ0n) is 12.7. The number of fused-ring (bicyclic) bond motifs is 3. The summed E-state index contributed by atoms with van der Waals surface area (Å²) in [5.74, 6) is 1.63. The zero-order valence-corrected chi connectivity index (χ0v) is 13.5. The quantitative estimate of drug-likeness (QED) is 0.692. The summed E-state index contributed by atoms with van der Waals surface area (Å²) >= 11 is 1.64. The fraction of sp³-hybridized carbons (Fsp3) is 0.400. The molecule has 3 aromatic heterocycles. The maximum atomic E-state index is 5.26. The van der Waals surface area contributed by atoms with Crippen molar-refractivity contribution in [3.63, 3.8) is 0 Å². The van der Waals surface area contributed by atoms with Crippen LogP contribution in [0.3, 0.4) is 0 Å². The van der Waals surface area contributed by atoms with Crippen LogP contribution in [0.15, 0.2) is 17.2 Å². The number of ether oxygens (including phenoxy) is 1. The first-order valence-corrected chi connectivity index (χ1v) is 8.18. The molecule has 0 aliphatic heterocycles. The van der Waals surface area contributed by atoms with E-state index in [9.17, 15) is 0 Å². The molecule has 0 unspecified atom stereocenters. The van der Waals surface area contributed by atoms with Gasteiger partial charge in [-0.05, 0) is 25.7 Å². The molecule has 21 heavy (non-hydrogen) atoms. The molecule has 0 aliphatic carbocycles. The number of nitrogens with zero attached hydrogens (tertiary/aromatic N) is 4. The topological polar surface area (TPSA) is 52.3 Å². The summed E-state index contributed by atoms with van der Waals surface area (Å²) in [6.45, 7) is 4.19. The number of pyridine rings is 1. The fourth-order valence-corrected chi connectivity index (χ4v) is 3.17. The van der Waals surface area contributed by atoms with Crippen LogP contribution in [0.5, 0.6) is 5.88 Å². The predicted molar refractivity (Wildman–Crippen MR) is 85.4 cm³/mol. The Bertz CT molecular complexity index is 812. The van der Waals surface area contributed by atoms with E-state index in [-0.39, 0.29) is 0 Å². The molecule has 110 valence electrons. The lowest BCUT2D eigenvalue weighted by Crippen LogP contribution is -2.02. The molecule has 6 heteroatoms. The van der Waals surface area contributed by atoms with Gasteiger partial charge in [-0.25, -0.2) is 9.97 Å². The van der Waals surface area contributed by atoms with Crippen LogP contribution in [-0.2, 0) is 6.42 Å². The lowest BCUT2D eigenvalue weighted by atomic mass is 10.3. The van der Waals surface area contributed by atoms with Gasteiger partial charge in [0.2, 0.25) is 5.88 Å². The average molecular weight is 302 g/mol.